The number of ether oxygens (including phenoxy) is 1. The lowest BCUT2D eigenvalue weighted by Gasteiger charge is -2.24. The molecule has 2 aliphatic rings. The predicted octanol–water partition coefficient (Wildman–Crippen LogP) is 0.916. The quantitative estimate of drug-likeness (QED) is 0.581. The summed E-state index contributed by atoms with van der Waals surface area (Å²) in [5.41, 5.74) is 4.07. The first kappa shape index (κ1) is 24.3. The van der Waals surface area contributed by atoms with Crippen LogP contribution in [0.15, 0.2) is 35.1 Å². The molecule has 2 saturated heterocycles. The molecule has 1 atom stereocenters. The van der Waals surface area contributed by atoms with E-state index in [1.807, 2.05) is 5.32 Å². The van der Waals surface area contributed by atoms with E-state index in [0.717, 1.165) is 0 Å². The Labute approximate surface area is 197 Å². The van der Waals surface area contributed by atoms with Gasteiger partial charge in [-0.15, -0.1) is 0 Å². The number of benzene rings is 1. The number of carbonyl (C=O) groups is 3. The van der Waals surface area contributed by atoms with E-state index in [-0.39, 0.29) is 31.1 Å². The van der Waals surface area contributed by atoms with E-state index in [2.05, 4.69) is 10.6 Å². The molecule has 2 aliphatic heterocycles. The first-order chi connectivity index (χ1) is 16.8. The molecular weight excluding hydrogens is 473 g/mol. The molecule has 2 N–H and O–H groups in total. The molecule has 35 heavy (non-hydrogen) atoms. The lowest BCUT2D eigenvalue weighted by atomic mass is 10.2. The minimum atomic E-state index is -3.17. The predicted molar refractivity (Wildman–Crippen MR) is 115 cm³/mol. The van der Waals surface area contributed by atoms with Crippen molar-refractivity contribution < 1.29 is 36.8 Å². The van der Waals surface area contributed by atoms with Gasteiger partial charge in [0.25, 0.3) is 5.91 Å². The van der Waals surface area contributed by atoms with Crippen LogP contribution in [0.1, 0.15) is 5.69 Å². The van der Waals surface area contributed by atoms with Gasteiger partial charge in [0.1, 0.15) is 18.2 Å². The number of hydrogen-bond donors (Lipinski definition) is 2. The number of alkyl halides is 2. The van der Waals surface area contributed by atoms with E-state index in [9.17, 15) is 23.2 Å². The Hall–Kier alpha value is -3.81. The van der Waals surface area contributed by atoms with Crippen LogP contribution in [-0.2, 0) is 20.7 Å². The van der Waals surface area contributed by atoms with E-state index >= 15 is 4.39 Å². The summed E-state index contributed by atoms with van der Waals surface area (Å²) in [5, 5.41) is 7.19. The second-order valence-corrected chi connectivity index (χ2v) is 7.91. The van der Waals surface area contributed by atoms with Gasteiger partial charge in [-0.05, 0) is 18.2 Å². The smallest absolute Gasteiger partial charge is 0.414 e. The van der Waals surface area contributed by atoms with E-state index in [4.69, 9.17) is 9.26 Å². The Kier molecular flexibility index (Phi) is 7.39. The molecule has 1 aromatic heterocycles. The van der Waals surface area contributed by atoms with Crippen LogP contribution in [0, 0.1) is 5.82 Å². The van der Waals surface area contributed by atoms with Crippen LogP contribution in [0.4, 0.5) is 29.3 Å². The highest BCUT2D eigenvalue weighted by Gasteiger charge is 2.33. The minimum absolute atomic E-state index is 0.0304. The number of rotatable bonds is 7. The summed E-state index contributed by atoms with van der Waals surface area (Å²) in [6.07, 6.45) is -3.32. The zero-order chi connectivity index (χ0) is 24.9. The topological polar surface area (TPSA) is 120 Å². The molecule has 3 heterocycles. The second-order valence-electron chi connectivity index (χ2n) is 7.91. The Morgan fingerprint density at radius 2 is 2.06 bits per heavy atom. The maximum atomic E-state index is 15.0. The second kappa shape index (κ2) is 10.6. The fraction of sp³-hybridized carbons (Fsp3) is 0.429. The number of halogens is 3. The Balaban J connectivity index is 1.35. The third-order valence-corrected chi connectivity index (χ3v) is 5.56. The van der Waals surface area contributed by atoms with Gasteiger partial charge in [-0.25, -0.2) is 14.6 Å². The lowest BCUT2D eigenvalue weighted by molar-refractivity contribution is -0.133. The summed E-state index contributed by atoms with van der Waals surface area (Å²) in [6, 6.07) is 5.86. The van der Waals surface area contributed by atoms with Crippen LogP contribution in [0.25, 0.3) is 0 Å². The molecule has 3 amide bonds. The first-order valence-corrected chi connectivity index (χ1v) is 10.8. The van der Waals surface area contributed by atoms with E-state index < -0.39 is 30.3 Å². The molecule has 188 valence electrons. The van der Waals surface area contributed by atoms with Gasteiger partial charge in [0.15, 0.2) is 0 Å². The molecule has 0 bridgehead atoms. The van der Waals surface area contributed by atoms with Gasteiger partial charge in [-0.1, -0.05) is 5.16 Å². The Morgan fingerprint density at radius 1 is 1.23 bits per heavy atom. The zero-order valence-corrected chi connectivity index (χ0v) is 18.5. The van der Waals surface area contributed by atoms with Crippen LogP contribution in [-0.4, -0.2) is 79.9 Å². The number of nitrogens with one attached hydrogen (secondary N) is 2. The van der Waals surface area contributed by atoms with Crippen molar-refractivity contribution in [3.63, 3.8) is 0 Å². The minimum Gasteiger partial charge on any atom is -0.442 e. The fourth-order valence-electron chi connectivity index (χ4n) is 3.81. The number of nitrogens with zero attached hydrogens (tertiary/aromatic N) is 4. The highest BCUT2D eigenvalue weighted by molar-refractivity contribution is 5.90. The number of hydrogen-bond acceptors (Lipinski definition) is 8. The first-order valence-electron chi connectivity index (χ1n) is 10.8. The van der Waals surface area contributed by atoms with Crippen molar-refractivity contribution in [1.82, 2.24) is 20.9 Å². The maximum absolute atomic E-state index is 15.0. The molecule has 0 radical (unpaired) electrons. The highest BCUT2D eigenvalue weighted by atomic mass is 19.3. The van der Waals surface area contributed by atoms with Crippen molar-refractivity contribution in [2.75, 3.05) is 49.1 Å². The van der Waals surface area contributed by atoms with E-state index in [1.165, 1.54) is 28.3 Å². The van der Waals surface area contributed by atoms with Crippen molar-refractivity contribution in [2.24, 2.45) is 0 Å². The molecule has 14 heteroatoms. The molecule has 2 fully saturated rings. The van der Waals surface area contributed by atoms with Crippen molar-refractivity contribution in [3.05, 3.63) is 42.0 Å². The van der Waals surface area contributed by atoms with Gasteiger partial charge in [0.05, 0.1) is 43.1 Å². The van der Waals surface area contributed by atoms with Crippen molar-refractivity contribution >= 4 is 29.3 Å². The molecule has 0 saturated carbocycles. The van der Waals surface area contributed by atoms with Crippen molar-refractivity contribution in [3.8, 4) is 0 Å². The molecule has 11 nitrogen and oxygen atoms in total. The van der Waals surface area contributed by atoms with Crippen LogP contribution < -0.4 is 20.5 Å². The third kappa shape index (κ3) is 5.82. The van der Waals surface area contributed by atoms with Crippen molar-refractivity contribution in [2.45, 2.75) is 19.0 Å². The average molecular weight is 496 g/mol. The van der Waals surface area contributed by atoms with E-state index in [1.54, 1.807) is 17.0 Å². The number of aromatic nitrogens is 1. The van der Waals surface area contributed by atoms with Gasteiger partial charge in [-0.3, -0.25) is 19.5 Å². The number of anilines is 2. The summed E-state index contributed by atoms with van der Waals surface area (Å²) >= 11 is 0. The Morgan fingerprint density at radius 3 is 2.77 bits per heavy atom. The maximum Gasteiger partial charge on any atom is 0.414 e. The summed E-state index contributed by atoms with van der Waals surface area (Å²) in [4.78, 5) is 38.6. The Bertz CT molecular complexity index is 1070. The average Bonchev–Trinajstić information content (AvgIpc) is 3.39. The van der Waals surface area contributed by atoms with Crippen LogP contribution in [0.5, 0.6) is 0 Å². The van der Waals surface area contributed by atoms with Gasteiger partial charge in [0, 0.05) is 25.7 Å². The SMILES string of the molecule is O=C(NC[C@H]1CN(c2ccc(N3CCNN(C(=O)Cc4ccon4)CC3)c(F)c2)C(=O)O1)C(F)F. The molecule has 4 rings (SSSR count). The third-order valence-electron chi connectivity index (χ3n) is 5.56. The summed E-state index contributed by atoms with van der Waals surface area (Å²) in [7, 11) is 0. The molecular formula is C21H23F3N6O5. The number of carbonyl (C=O) groups excluding carboxylic acids is 3. The van der Waals surface area contributed by atoms with Crippen LogP contribution in [0.3, 0.4) is 0 Å². The summed E-state index contributed by atoms with van der Waals surface area (Å²) in [6.45, 7) is 1.20. The van der Waals surface area contributed by atoms with Crippen LogP contribution in [0.2, 0.25) is 0 Å². The summed E-state index contributed by atoms with van der Waals surface area (Å²) in [5.74, 6) is -2.23. The van der Waals surface area contributed by atoms with Gasteiger partial charge in [0.2, 0.25) is 5.91 Å². The molecule has 2 aromatic rings. The number of cyclic esters (lactones) is 1. The van der Waals surface area contributed by atoms with Gasteiger partial charge >= 0.3 is 12.5 Å². The van der Waals surface area contributed by atoms with Gasteiger partial charge in [-0.2, -0.15) is 8.78 Å². The van der Waals surface area contributed by atoms with Gasteiger partial charge < -0.3 is 19.5 Å². The number of hydrazine groups is 1. The monoisotopic (exact) mass is 496 g/mol. The highest BCUT2D eigenvalue weighted by Crippen LogP contribution is 2.28. The fourth-order valence-corrected chi connectivity index (χ4v) is 3.81. The molecule has 0 spiro atoms. The van der Waals surface area contributed by atoms with E-state index in [0.29, 0.717) is 37.6 Å². The zero-order valence-electron chi connectivity index (χ0n) is 18.5. The summed E-state index contributed by atoms with van der Waals surface area (Å²) < 4.78 is 49.5. The number of amides is 3. The standard InChI is InChI=1S/C21H23F3N6O5/c22-16-10-14(29-12-15(35-21(29)33)11-25-20(32)19(23)24)1-2-17(16)28-5-4-26-30(7-6-28)18(31)9-13-3-8-34-27-13/h1-3,8,10,15,19,26H,4-7,9,11-12H2,(H,25,32)/t15-/m0/s1. The lowest BCUT2D eigenvalue weighted by Crippen LogP contribution is -2.44. The van der Waals surface area contributed by atoms with Crippen molar-refractivity contribution in [1.29, 1.82) is 0 Å². The molecule has 0 unspecified atom stereocenters. The molecule has 0 aliphatic carbocycles. The molecule has 1 aromatic carbocycles. The largest absolute Gasteiger partial charge is 0.442 e. The van der Waals surface area contributed by atoms with Crippen LogP contribution >= 0.6 is 0 Å². The normalized spacial score (nSPS) is 18.6.